The van der Waals surface area contributed by atoms with Crippen LogP contribution in [0.3, 0.4) is 0 Å². The van der Waals surface area contributed by atoms with E-state index >= 15 is 0 Å². The minimum absolute atomic E-state index is 0.286. The Hall–Kier alpha value is -0.820. The van der Waals surface area contributed by atoms with Crippen molar-refractivity contribution in [2.24, 2.45) is 0 Å². The first-order chi connectivity index (χ1) is 6.45. The van der Waals surface area contributed by atoms with Gasteiger partial charge in [0.05, 0.1) is 11.1 Å². The van der Waals surface area contributed by atoms with Gasteiger partial charge in [0, 0.05) is 0 Å². The van der Waals surface area contributed by atoms with Gasteiger partial charge in [0.2, 0.25) is 0 Å². The van der Waals surface area contributed by atoms with E-state index in [1.54, 1.807) is 0 Å². The molecule has 0 atom stereocenters. The monoisotopic (exact) mass is 286 g/mol. The first-order valence-corrected chi connectivity index (χ1v) is 4.38. The summed E-state index contributed by atoms with van der Waals surface area (Å²) in [7, 11) is 0. The number of alkyl halides is 2. The number of hydrogen-bond donors (Lipinski definition) is 0. The van der Waals surface area contributed by atoms with Crippen molar-refractivity contribution in [3.63, 3.8) is 0 Å². The van der Waals surface area contributed by atoms with E-state index in [1.165, 1.54) is 0 Å². The number of nitrogens with zero attached hydrogens (tertiary/aromatic N) is 2. The molecule has 0 aliphatic carbocycles. The molecule has 0 aliphatic heterocycles. The molecule has 0 aromatic carbocycles. The van der Waals surface area contributed by atoms with Gasteiger partial charge in [-0.1, -0.05) is 11.6 Å². The Kier molecular flexibility index (Phi) is 3.33. The molecule has 0 saturated heterocycles. The molecule has 1 aromatic heterocycles. The van der Waals surface area contributed by atoms with E-state index in [0.29, 0.717) is 0 Å². The maximum absolute atomic E-state index is 12.2. The highest BCUT2D eigenvalue weighted by molar-refractivity contribution is 9.10. The summed E-state index contributed by atoms with van der Waals surface area (Å²) in [5.41, 5.74) is -1.29. The molecule has 0 bridgehead atoms. The standard InChI is InChI=1S/C6H2BrClF2N2O2/c7-3-4(6(9)10)11-1-2(8)5(3)12(13)14/h1,6H. The molecule has 0 saturated carbocycles. The summed E-state index contributed by atoms with van der Waals surface area (Å²) in [6, 6.07) is 0. The van der Waals surface area contributed by atoms with Crippen molar-refractivity contribution >= 4 is 33.2 Å². The van der Waals surface area contributed by atoms with Crippen molar-refractivity contribution in [3.8, 4) is 0 Å². The number of aromatic nitrogens is 1. The van der Waals surface area contributed by atoms with Crippen LogP contribution in [0.1, 0.15) is 12.1 Å². The molecule has 0 fully saturated rings. The first-order valence-electron chi connectivity index (χ1n) is 3.21. The van der Waals surface area contributed by atoms with Crippen LogP contribution in [0.2, 0.25) is 5.02 Å². The summed E-state index contributed by atoms with van der Waals surface area (Å²) in [6.45, 7) is 0. The second-order valence-electron chi connectivity index (χ2n) is 2.21. The topological polar surface area (TPSA) is 56.0 Å². The SMILES string of the molecule is O=[N+]([O-])c1c(Cl)cnc(C(F)F)c1Br. The average molecular weight is 287 g/mol. The summed E-state index contributed by atoms with van der Waals surface area (Å²) >= 11 is 8.09. The molecule has 14 heavy (non-hydrogen) atoms. The Morgan fingerprint density at radius 3 is 2.64 bits per heavy atom. The quantitative estimate of drug-likeness (QED) is 0.619. The molecule has 0 aliphatic rings. The van der Waals surface area contributed by atoms with E-state index in [-0.39, 0.29) is 9.50 Å². The minimum Gasteiger partial charge on any atom is -0.258 e. The Balaban J connectivity index is 3.41. The molecule has 0 radical (unpaired) electrons. The molecule has 1 aromatic rings. The van der Waals surface area contributed by atoms with Crippen LogP contribution < -0.4 is 0 Å². The zero-order valence-corrected chi connectivity index (χ0v) is 8.72. The third-order valence-corrected chi connectivity index (χ3v) is 2.42. The lowest BCUT2D eigenvalue weighted by Crippen LogP contribution is -1.98. The lowest BCUT2D eigenvalue weighted by Gasteiger charge is -2.03. The molecule has 0 spiro atoms. The van der Waals surface area contributed by atoms with Crippen molar-refractivity contribution in [2.45, 2.75) is 6.43 Å². The van der Waals surface area contributed by atoms with E-state index in [1.807, 2.05) is 0 Å². The van der Waals surface area contributed by atoms with Gasteiger partial charge in [0.1, 0.15) is 15.2 Å². The zero-order valence-electron chi connectivity index (χ0n) is 6.38. The minimum atomic E-state index is -2.89. The van der Waals surface area contributed by atoms with Crippen molar-refractivity contribution in [1.82, 2.24) is 4.98 Å². The first kappa shape index (κ1) is 11.3. The van der Waals surface area contributed by atoms with E-state index in [2.05, 4.69) is 20.9 Å². The smallest absolute Gasteiger partial charge is 0.258 e. The Bertz CT molecular complexity index is 388. The van der Waals surface area contributed by atoms with Crippen molar-refractivity contribution in [3.05, 3.63) is 31.5 Å². The molecule has 0 amide bonds. The number of rotatable bonds is 2. The fraction of sp³-hybridized carbons (Fsp3) is 0.167. The van der Waals surface area contributed by atoms with Gasteiger partial charge in [-0.3, -0.25) is 15.1 Å². The van der Waals surface area contributed by atoms with Crippen molar-refractivity contribution in [2.75, 3.05) is 0 Å². The zero-order chi connectivity index (χ0) is 10.9. The maximum atomic E-state index is 12.2. The van der Waals surface area contributed by atoms with E-state index < -0.39 is 22.7 Å². The van der Waals surface area contributed by atoms with Gasteiger partial charge >= 0.3 is 5.69 Å². The summed E-state index contributed by atoms with van der Waals surface area (Å²) < 4.78 is 24.1. The summed E-state index contributed by atoms with van der Waals surface area (Å²) in [6.07, 6.45) is -2.06. The van der Waals surface area contributed by atoms with E-state index in [9.17, 15) is 18.9 Å². The molecule has 76 valence electrons. The lowest BCUT2D eigenvalue weighted by molar-refractivity contribution is -0.385. The number of nitro groups is 1. The predicted molar refractivity (Wildman–Crippen MR) is 48.6 cm³/mol. The Morgan fingerprint density at radius 1 is 1.64 bits per heavy atom. The fourth-order valence-corrected chi connectivity index (χ4v) is 1.75. The summed E-state index contributed by atoms with van der Waals surface area (Å²) in [4.78, 5) is 12.9. The Labute approximate surface area is 90.2 Å². The van der Waals surface area contributed by atoms with Gasteiger partial charge in [-0.2, -0.15) is 0 Å². The second kappa shape index (κ2) is 4.14. The van der Waals surface area contributed by atoms with Crippen LogP contribution >= 0.6 is 27.5 Å². The van der Waals surface area contributed by atoms with E-state index in [0.717, 1.165) is 6.20 Å². The molecule has 4 nitrogen and oxygen atoms in total. The van der Waals surface area contributed by atoms with Crippen LogP contribution in [0.25, 0.3) is 0 Å². The van der Waals surface area contributed by atoms with E-state index in [4.69, 9.17) is 11.6 Å². The van der Waals surface area contributed by atoms with Crippen LogP contribution in [-0.2, 0) is 0 Å². The van der Waals surface area contributed by atoms with Gasteiger partial charge in [-0.25, -0.2) is 8.78 Å². The van der Waals surface area contributed by atoms with Crippen LogP contribution in [-0.4, -0.2) is 9.91 Å². The van der Waals surface area contributed by atoms with Crippen LogP contribution in [0.5, 0.6) is 0 Å². The van der Waals surface area contributed by atoms with Gasteiger partial charge in [0.15, 0.2) is 0 Å². The number of hydrogen-bond acceptors (Lipinski definition) is 3. The van der Waals surface area contributed by atoms with Crippen molar-refractivity contribution < 1.29 is 13.7 Å². The highest BCUT2D eigenvalue weighted by Crippen LogP contribution is 2.37. The predicted octanol–water partition coefficient (Wildman–Crippen LogP) is 3.34. The highest BCUT2D eigenvalue weighted by atomic mass is 79.9. The average Bonchev–Trinajstić information content (AvgIpc) is 2.02. The fourth-order valence-electron chi connectivity index (χ4n) is 0.790. The normalized spacial score (nSPS) is 10.6. The van der Waals surface area contributed by atoms with Gasteiger partial charge < -0.3 is 0 Å². The molecule has 1 heterocycles. The van der Waals surface area contributed by atoms with Crippen molar-refractivity contribution in [1.29, 1.82) is 0 Å². The third kappa shape index (κ3) is 1.98. The second-order valence-corrected chi connectivity index (χ2v) is 3.41. The molecule has 1 rings (SSSR count). The highest BCUT2D eigenvalue weighted by Gasteiger charge is 2.25. The Morgan fingerprint density at radius 2 is 2.21 bits per heavy atom. The van der Waals surface area contributed by atoms with Crippen LogP contribution in [0.15, 0.2) is 10.7 Å². The number of pyridine rings is 1. The molecular formula is C6H2BrClF2N2O2. The largest absolute Gasteiger partial charge is 0.305 e. The molecule has 8 heteroatoms. The van der Waals surface area contributed by atoms with Crippen LogP contribution in [0.4, 0.5) is 14.5 Å². The molecule has 0 unspecified atom stereocenters. The van der Waals surface area contributed by atoms with Gasteiger partial charge in [-0.05, 0) is 15.9 Å². The molecule has 0 N–H and O–H groups in total. The van der Waals surface area contributed by atoms with Gasteiger partial charge in [0.25, 0.3) is 6.43 Å². The summed E-state index contributed by atoms with van der Waals surface area (Å²) in [5.74, 6) is 0. The lowest BCUT2D eigenvalue weighted by atomic mass is 10.3. The molecular weight excluding hydrogens is 285 g/mol. The van der Waals surface area contributed by atoms with Crippen LogP contribution in [0, 0.1) is 10.1 Å². The number of halogens is 4. The third-order valence-electron chi connectivity index (χ3n) is 1.37. The summed E-state index contributed by atoms with van der Waals surface area (Å²) in [5, 5.41) is 10.1. The maximum Gasteiger partial charge on any atom is 0.305 e. The van der Waals surface area contributed by atoms with Gasteiger partial charge in [-0.15, -0.1) is 0 Å².